The average Bonchev–Trinajstić information content (AvgIpc) is 3.67. The fourth-order valence-electron chi connectivity index (χ4n) is 8.65. The van der Waals surface area contributed by atoms with Crippen LogP contribution in [0.15, 0.2) is 194 Å². The number of aromatic nitrogens is 1. The fourth-order valence-corrected chi connectivity index (χ4v) is 8.65. The lowest BCUT2D eigenvalue weighted by atomic mass is 9.82. The van der Waals surface area contributed by atoms with E-state index in [4.69, 9.17) is 0 Å². The lowest BCUT2D eigenvalue weighted by Crippen LogP contribution is -2.16. The molecule has 0 spiro atoms. The number of nitrogens with zero attached hydrogens (tertiary/aromatic N) is 2. The van der Waals surface area contributed by atoms with E-state index in [9.17, 15) is 0 Å². The van der Waals surface area contributed by atoms with Gasteiger partial charge in [-0.25, -0.2) is 0 Å². The normalized spacial score (nSPS) is 12.9. The summed E-state index contributed by atoms with van der Waals surface area (Å²) in [5.74, 6) is 0. The Balaban J connectivity index is 1.22. The molecule has 53 heavy (non-hydrogen) atoms. The van der Waals surface area contributed by atoms with Crippen LogP contribution < -0.4 is 4.90 Å². The monoisotopic (exact) mass is 678 g/mol. The molecule has 0 radical (unpaired) electrons. The number of hydrogen-bond donors (Lipinski definition) is 0. The molecular formula is C51H38N2. The van der Waals surface area contributed by atoms with Gasteiger partial charge >= 0.3 is 0 Å². The van der Waals surface area contributed by atoms with E-state index in [0.717, 1.165) is 22.7 Å². The average molecular weight is 679 g/mol. The molecule has 0 unspecified atom stereocenters. The third-order valence-corrected chi connectivity index (χ3v) is 11.2. The van der Waals surface area contributed by atoms with Crippen LogP contribution in [-0.4, -0.2) is 4.57 Å². The molecule has 2 nitrogen and oxygen atoms in total. The van der Waals surface area contributed by atoms with Gasteiger partial charge in [0.1, 0.15) is 0 Å². The molecule has 10 rings (SSSR count). The van der Waals surface area contributed by atoms with Crippen LogP contribution in [0, 0.1) is 0 Å². The third-order valence-electron chi connectivity index (χ3n) is 11.2. The summed E-state index contributed by atoms with van der Waals surface area (Å²) in [7, 11) is 0. The van der Waals surface area contributed by atoms with E-state index >= 15 is 0 Å². The number of anilines is 3. The summed E-state index contributed by atoms with van der Waals surface area (Å²) in [4.78, 5) is 2.42. The maximum absolute atomic E-state index is 2.42. The minimum absolute atomic E-state index is 0.0967. The van der Waals surface area contributed by atoms with Crippen LogP contribution in [0.1, 0.15) is 25.0 Å². The van der Waals surface area contributed by atoms with Crippen molar-refractivity contribution >= 4 is 38.9 Å². The maximum Gasteiger partial charge on any atom is 0.0547 e. The van der Waals surface area contributed by atoms with Gasteiger partial charge in [0.25, 0.3) is 0 Å². The number of para-hydroxylation sites is 2. The van der Waals surface area contributed by atoms with Gasteiger partial charge in [-0.1, -0.05) is 141 Å². The van der Waals surface area contributed by atoms with Gasteiger partial charge in [-0.3, -0.25) is 0 Å². The third kappa shape index (κ3) is 5.02. The van der Waals surface area contributed by atoms with Crippen molar-refractivity contribution in [1.82, 2.24) is 4.57 Å². The maximum atomic E-state index is 2.42. The molecule has 252 valence electrons. The van der Waals surface area contributed by atoms with Crippen molar-refractivity contribution in [2.24, 2.45) is 0 Å². The van der Waals surface area contributed by atoms with Crippen molar-refractivity contribution in [2.75, 3.05) is 4.90 Å². The van der Waals surface area contributed by atoms with Gasteiger partial charge < -0.3 is 9.47 Å². The quantitative estimate of drug-likeness (QED) is 0.170. The van der Waals surface area contributed by atoms with Crippen LogP contribution in [0.25, 0.3) is 60.9 Å². The highest BCUT2D eigenvalue weighted by Crippen LogP contribution is 2.51. The molecule has 0 fully saturated rings. The molecule has 0 atom stereocenters. The summed E-state index contributed by atoms with van der Waals surface area (Å²) in [5, 5.41) is 2.47. The van der Waals surface area contributed by atoms with Crippen molar-refractivity contribution in [1.29, 1.82) is 0 Å². The summed E-state index contributed by atoms with van der Waals surface area (Å²) in [5.41, 5.74) is 17.1. The first kappa shape index (κ1) is 31.1. The molecule has 0 aliphatic heterocycles. The Bertz CT molecular complexity index is 2790. The fraction of sp³-hybridized carbons (Fsp3) is 0.0588. The van der Waals surface area contributed by atoms with Crippen LogP contribution in [0.3, 0.4) is 0 Å². The molecule has 1 aliphatic carbocycles. The van der Waals surface area contributed by atoms with Crippen molar-refractivity contribution in [3.05, 3.63) is 205 Å². The van der Waals surface area contributed by atoms with E-state index in [1.54, 1.807) is 0 Å². The van der Waals surface area contributed by atoms with E-state index < -0.39 is 0 Å². The van der Waals surface area contributed by atoms with Gasteiger partial charge in [0.05, 0.1) is 11.0 Å². The van der Waals surface area contributed by atoms with E-state index in [2.05, 4.69) is 217 Å². The molecule has 0 saturated carbocycles. The highest BCUT2D eigenvalue weighted by atomic mass is 15.1. The van der Waals surface area contributed by atoms with E-state index in [-0.39, 0.29) is 5.41 Å². The first-order valence-electron chi connectivity index (χ1n) is 18.4. The molecule has 1 aliphatic rings. The number of hydrogen-bond acceptors (Lipinski definition) is 1. The van der Waals surface area contributed by atoms with Crippen molar-refractivity contribution in [3.63, 3.8) is 0 Å². The molecule has 9 aromatic rings. The van der Waals surface area contributed by atoms with Gasteiger partial charge in [-0.05, 0) is 111 Å². The van der Waals surface area contributed by atoms with E-state index in [0.29, 0.717) is 0 Å². The molecule has 1 heterocycles. The molecular weight excluding hydrogens is 641 g/mol. The second-order valence-corrected chi connectivity index (χ2v) is 14.6. The summed E-state index contributed by atoms with van der Waals surface area (Å²) < 4.78 is 2.42. The minimum atomic E-state index is -0.0967. The Hall–Kier alpha value is -6.64. The second-order valence-electron chi connectivity index (χ2n) is 14.6. The van der Waals surface area contributed by atoms with Gasteiger partial charge in [0.15, 0.2) is 0 Å². The van der Waals surface area contributed by atoms with Gasteiger partial charge in [0, 0.05) is 38.9 Å². The first-order chi connectivity index (χ1) is 26.1. The Kier molecular flexibility index (Phi) is 7.19. The summed E-state index contributed by atoms with van der Waals surface area (Å²) in [6, 6.07) is 70.8. The molecule has 1 aromatic heterocycles. The smallest absolute Gasteiger partial charge is 0.0547 e. The Morgan fingerprint density at radius 3 is 1.81 bits per heavy atom. The lowest BCUT2D eigenvalue weighted by Gasteiger charge is -2.28. The number of fused-ring (bicyclic) bond motifs is 6. The van der Waals surface area contributed by atoms with Crippen LogP contribution in [-0.2, 0) is 5.41 Å². The molecule has 8 aromatic carbocycles. The SMILES string of the molecule is CC1(C)c2ccccc2-c2ccc(N(c3ccccc3)c3ccc4c(c3)c3c(-c5cccc(-c6ccccc6)c5)cccc3n4-c3ccccc3)cc21. The zero-order valence-corrected chi connectivity index (χ0v) is 29.9. The molecule has 0 saturated heterocycles. The standard InChI is InChI=1S/C51H38N2/c1-51(2)46-26-13-12-24-43(46)44-30-28-41(34-47(44)51)52(38-20-8-4-9-21-38)40-29-31-48-45(33-40)50-42(25-15-27-49(50)53(48)39-22-10-5-11-23-39)37-19-14-18-36(32-37)35-16-6-3-7-17-35/h3-34H,1-2H3. The van der Waals surface area contributed by atoms with E-state index in [1.165, 1.54) is 66.3 Å². The van der Waals surface area contributed by atoms with E-state index in [1.807, 2.05) is 0 Å². The van der Waals surface area contributed by atoms with Gasteiger partial charge in [-0.15, -0.1) is 0 Å². The van der Waals surface area contributed by atoms with Crippen molar-refractivity contribution < 1.29 is 0 Å². The molecule has 2 heteroatoms. The largest absolute Gasteiger partial charge is 0.310 e. The molecule has 0 amide bonds. The molecule has 0 bridgehead atoms. The number of rotatable bonds is 6. The van der Waals surface area contributed by atoms with Crippen LogP contribution >= 0.6 is 0 Å². The second kappa shape index (κ2) is 12.3. The van der Waals surface area contributed by atoms with Gasteiger partial charge in [-0.2, -0.15) is 0 Å². The zero-order valence-electron chi connectivity index (χ0n) is 29.9. The topological polar surface area (TPSA) is 8.17 Å². The number of benzene rings is 8. The highest BCUT2D eigenvalue weighted by Gasteiger charge is 2.35. The first-order valence-corrected chi connectivity index (χ1v) is 18.4. The summed E-state index contributed by atoms with van der Waals surface area (Å²) >= 11 is 0. The highest BCUT2D eigenvalue weighted by molar-refractivity contribution is 6.17. The minimum Gasteiger partial charge on any atom is -0.310 e. The van der Waals surface area contributed by atoms with Crippen LogP contribution in [0.5, 0.6) is 0 Å². The van der Waals surface area contributed by atoms with Crippen LogP contribution in [0.4, 0.5) is 17.1 Å². The van der Waals surface area contributed by atoms with Crippen LogP contribution in [0.2, 0.25) is 0 Å². The zero-order chi connectivity index (χ0) is 35.5. The van der Waals surface area contributed by atoms with Gasteiger partial charge in [0.2, 0.25) is 0 Å². The predicted octanol–water partition coefficient (Wildman–Crippen LogP) is 13.9. The summed E-state index contributed by atoms with van der Waals surface area (Å²) in [6.07, 6.45) is 0. The lowest BCUT2D eigenvalue weighted by molar-refractivity contribution is 0.660. The predicted molar refractivity (Wildman–Crippen MR) is 224 cm³/mol. The Morgan fingerprint density at radius 1 is 0.396 bits per heavy atom. The Labute approximate surface area is 310 Å². The molecule has 0 N–H and O–H groups in total. The Morgan fingerprint density at radius 2 is 1.00 bits per heavy atom. The van der Waals surface area contributed by atoms with Crippen molar-refractivity contribution in [2.45, 2.75) is 19.3 Å². The van der Waals surface area contributed by atoms with Crippen molar-refractivity contribution in [3.8, 4) is 39.1 Å². The summed E-state index contributed by atoms with van der Waals surface area (Å²) in [6.45, 7) is 4.71.